The van der Waals surface area contributed by atoms with Gasteiger partial charge in [0, 0.05) is 28.4 Å². The Balaban J connectivity index is 1.90. The molecule has 3 aromatic rings. The normalized spacial score (nSPS) is 12.6. The summed E-state index contributed by atoms with van der Waals surface area (Å²) < 4.78 is 12.6. The molecule has 0 unspecified atom stereocenters. The molecule has 3 aromatic carbocycles. The van der Waals surface area contributed by atoms with E-state index in [1.165, 1.54) is 12.2 Å². The summed E-state index contributed by atoms with van der Waals surface area (Å²) in [5.41, 5.74) is 8.64. The quantitative estimate of drug-likeness (QED) is 0.154. The number of phenolic OH excluding ortho intramolecular Hbond substituents is 1. The minimum Gasteiger partial charge on any atom is -0.506 e. The van der Waals surface area contributed by atoms with Gasteiger partial charge >= 0.3 is 6.09 Å². The van der Waals surface area contributed by atoms with E-state index in [1.54, 1.807) is 55.5 Å². The number of nitrogens with two attached hydrogens (primary N) is 1. The molecule has 0 aromatic heterocycles. The minimum absolute atomic E-state index is 0.129. The third kappa shape index (κ3) is 8.08. The van der Waals surface area contributed by atoms with E-state index in [4.69, 9.17) is 15.2 Å². The van der Waals surface area contributed by atoms with Gasteiger partial charge in [0.1, 0.15) is 11.9 Å². The third-order valence-electron chi connectivity index (χ3n) is 5.21. The second-order valence-electron chi connectivity index (χ2n) is 8.00. The number of anilines is 3. The second-order valence-corrected chi connectivity index (χ2v) is 9.77. The summed E-state index contributed by atoms with van der Waals surface area (Å²) in [6.45, 7) is 3.96. The zero-order chi connectivity index (χ0) is 26.9. The highest BCUT2D eigenvalue weighted by molar-refractivity contribution is 9.11. The number of nitrogen functional groups attached to an aromatic ring is 1. The predicted molar refractivity (Wildman–Crippen MR) is 152 cm³/mol. The Bertz CT molecular complexity index is 1280. The summed E-state index contributed by atoms with van der Waals surface area (Å²) >= 11 is 6.72. The first kappa shape index (κ1) is 28.2. The molecule has 0 spiro atoms. The van der Waals surface area contributed by atoms with Gasteiger partial charge in [-0.1, -0.05) is 45.8 Å². The molecule has 0 saturated carbocycles. The first-order valence-corrected chi connectivity index (χ1v) is 12.9. The number of aromatic hydroxyl groups is 1. The fraction of sp³-hybridized carbons (Fsp3) is 0.185. The lowest BCUT2D eigenvalue weighted by Gasteiger charge is -2.26. The zero-order valence-electron chi connectivity index (χ0n) is 20.2. The molecular weight excluding hydrogens is 606 g/mol. The van der Waals surface area contributed by atoms with Gasteiger partial charge in [-0.2, -0.15) is 0 Å². The van der Waals surface area contributed by atoms with Crippen LogP contribution in [0.15, 0.2) is 81.8 Å². The summed E-state index contributed by atoms with van der Waals surface area (Å²) in [4.78, 5) is 25.5. The van der Waals surface area contributed by atoms with Gasteiger partial charge in [0.25, 0.3) is 0 Å². The minimum atomic E-state index is -1.11. The smallest absolute Gasteiger partial charge is 0.412 e. The molecule has 10 heteroatoms. The summed E-state index contributed by atoms with van der Waals surface area (Å²) in [5.74, 6) is -0.582. The predicted octanol–water partition coefficient (Wildman–Crippen LogP) is 6.70. The van der Waals surface area contributed by atoms with Crippen molar-refractivity contribution in [1.82, 2.24) is 0 Å². The highest BCUT2D eigenvalue weighted by atomic mass is 79.9. The molecule has 0 saturated heterocycles. The van der Waals surface area contributed by atoms with Gasteiger partial charge in [0.2, 0.25) is 5.91 Å². The van der Waals surface area contributed by atoms with Crippen LogP contribution in [0.3, 0.4) is 0 Å². The summed E-state index contributed by atoms with van der Waals surface area (Å²) in [6, 6.07) is 17.4. The Labute approximate surface area is 232 Å². The van der Waals surface area contributed by atoms with E-state index in [-0.39, 0.29) is 17.9 Å². The van der Waals surface area contributed by atoms with Crippen molar-refractivity contribution in [1.29, 1.82) is 0 Å². The highest BCUT2D eigenvalue weighted by Gasteiger charge is 2.30. The summed E-state index contributed by atoms with van der Waals surface area (Å²) in [7, 11) is 0. The van der Waals surface area contributed by atoms with Gasteiger partial charge < -0.3 is 25.6 Å². The number of para-hydroxylation sites is 2. The summed E-state index contributed by atoms with van der Waals surface area (Å²) in [5, 5.41) is 16.2. The van der Waals surface area contributed by atoms with Gasteiger partial charge in [-0.3, -0.25) is 10.1 Å². The maximum Gasteiger partial charge on any atom is 0.412 e. The first-order valence-electron chi connectivity index (χ1n) is 11.4. The molecule has 8 nitrogen and oxygen atoms in total. The molecule has 37 heavy (non-hydrogen) atoms. The van der Waals surface area contributed by atoms with Crippen molar-refractivity contribution in [2.75, 3.05) is 23.0 Å². The number of rotatable bonds is 9. The number of halogens is 2. The van der Waals surface area contributed by atoms with E-state index in [0.717, 1.165) is 5.56 Å². The third-order valence-corrected chi connectivity index (χ3v) is 6.27. The van der Waals surface area contributed by atoms with Crippen LogP contribution in [-0.4, -0.2) is 29.8 Å². The molecule has 0 aliphatic heterocycles. The van der Waals surface area contributed by atoms with Crippen LogP contribution in [0.2, 0.25) is 0 Å². The van der Waals surface area contributed by atoms with E-state index in [0.29, 0.717) is 26.0 Å². The number of amides is 2. The number of benzene rings is 3. The van der Waals surface area contributed by atoms with Crippen LogP contribution in [-0.2, 0) is 14.3 Å². The average Bonchev–Trinajstić information content (AvgIpc) is 2.85. The van der Waals surface area contributed by atoms with Crippen molar-refractivity contribution in [3.63, 3.8) is 0 Å². The topological polar surface area (TPSA) is 123 Å². The lowest BCUT2D eigenvalue weighted by atomic mass is 10.0. The van der Waals surface area contributed by atoms with Crippen molar-refractivity contribution in [2.45, 2.75) is 26.1 Å². The Morgan fingerprint density at radius 2 is 1.78 bits per heavy atom. The van der Waals surface area contributed by atoms with Gasteiger partial charge in [0.05, 0.1) is 15.8 Å². The molecule has 2 atom stereocenters. The Hall–Kier alpha value is -3.34. The zero-order valence-corrected chi connectivity index (χ0v) is 23.4. The standard InChI is InChI=1S/C27H27Br2N3O5/c1-3-36-23(12-13-24(33)32-22-7-5-4-6-21(22)30)26(19-14-17(28)15-20(29)25(19)34)37-27(35)31-18-10-8-16(2)9-11-18/h4-15,23,26,34H,3,30H2,1-2H3,(H,31,35)(H,32,33)/b13-12+/t23-,26-/m0/s1. The van der Waals surface area contributed by atoms with Crippen molar-refractivity contribution in [2.24, 2.45) is 0 Å². The van der Waals surface area contributed by atoms with Gasteiger partial charge in [-0.25, -0.2) is 4.79 Å². The van der Waals surface area contributed by atoms with Crippen molar-refractivity contribution in [3.05, 3.63) is 92.9 Å². The van der Waals surface area contributed by atoms with Crippen LogP contribution in [0.1, 0.15) is 24.2 Å². The van der Waals surface area contributed by atoms with Gasteiger partial charge in [0.15, 0.2) is 6.10 Å². The molecule has 194 valence electrons. The van der Waals surface area contributed by atoms with E-state index < -0.39 is 24.2 Å². The van der Waals surface area contributed by atoms with E-state index >= 15 is 0 Å². The van der Waals surface area contributed by atoms with Gasteiger partial charge in [-0.15, -0.1) is 0 Å². The van der Waals surface area contributed by atoms with Crippen molar-refractivity contribution >= 4 is 60.9 Å². The summed E-state index contributed by atoms with van der Waals surface area (Å²) in [6.07, 6.45) is -0.0463. The molecule has 0 aliphatic rings. The number of carbonyl (C=O) groups is 2. The average molecular weight is 633 g/mol. The van der Waals surface area contributed by atoms with Crippen molar-refractivity contribution in [3.8, 4) is 5.75 Å². The number of hydrogen-bond donors (Lipinski definition) is 4. The molecule has 3 rings (SSSR count). The van der Waals surface area contributed by atoms with Crippen LogP contribution in [0, 0.1) is 6.92 Å². The molecule has 0 bridgehead atoms. The SMILES string of the molecule is CCO[C@@H](/C=C/C(=O)Nc1ccccc1N)[C@@H](OC(=O)Nc1ccc(C)cc1)c1cc(Br)cc(Br)c1O. The van der Waals surface area contributed by atoms with Crippen molar-refractivity contribution < 1.29 is 24.2 Å². The number of phenols is 1. The number of aryl methyl sites for hydroxylation is 1. The van der Waals surface area contributed by atoms with Crippen LogP contribution < -0.4 is 16.4 Å². The molecule has 5 N–H and O–H groups in total. The highest BCUT2D eigenvalue weighted by Crippen LogP contribution is 2.39. The fourth-order valence-corrected chi connectivity index (χ4v) is 4.67. The molecule has 0 radical (unpaired) electrons. The molecular formula is C27H27Br2N3O5. The van der Waals surface area contributed by atoms with Crippen LogP contribution in [0.25, 0.3) is 0 Å². The second kappa shape index (κ2) is 13.3. The van der Waals surface area contributed by atoms with Gasteiger partial charge in [-0.05, 0) is 72.3 Å². The van der Waals surface area contributed by atoms with E-state index in [9.17, 15) is 14.7 Å². The largest absolute Gasteiger partial charge is 0.506 e. The number of hydrogen-bond acceptors (Lipinski definition) is 6. The molecule has 0 aliphatic carbocycles. The van der Waals surface area contributed by atoms with E-state index in [1.807, 2.05) is 19.1 Å². The molecule has 2 amide bonds. The Kier molecular flexibility index (Phi) is 10.1. The van der Waals surface area contributed by atoms with Crippen LogP contribution in [0.4, 0.5) is 21.9 Å². The monoisotopic (exact) mass is 631 g/mol. The fourth-order valence-electron chi connectivity index (χ4n) is 3.41. The van der Waals surface area contributed by atoms with E-state index in [2.05, 4.69) is 42.5 Å². The lowest BCUT2D eigenvalue weighted by molar-refractivity contribution is -0.112. The van der Waals surface area contributed by atoms with Crippen LogP contribution >= 0.6 is 31.9 Å². The molecule has 0 heterocycles. The Morgan fingerprint density at radius 3 is 2.46 bits per heavy atom. The lowest BCUT2D eigenvalue weighted by Crippen LogP contribution is -2.28. The number of nitrogens with one attached hydrogen (secondary N) is 2. The first-order chi connectivity index (χ1) is 17.7. The number of ether oxygens (including phenoxy) is 2. The maximum absolute atomic E-state index is 12.9. The number of carbonyl (C=O) groups excluding carboxylic acids is 2. The molecule has 0 fully saturated rings. The van der Waals surface area contributed by atoms with Crippen LogP contribution in [0.5, 0.6) is 5.75 Å². The Morgan fingerprint density at radius 1 is 1.08 bits per heavy atom. The maximum atomic E-state index is 12.9.